The maximum atomic E-state index is 10.7. The monoisotopic (exact) mass is 375 g/mol. The SMILES string of the molecule is Cc1ccc(N)c(S(=O)(=O)O)c1.O=C(O)c1cc2ccccc2cc1O. The minimum atomic E-state index is -4.18. The Bertz CT molecular complexity index is 1080. The molecule has 3 aromatic rings. The van der Waals surface area contributed by atoms with Gasteiger partial charge in [0.05, 0.1) is 5.69 Å². The lowest BCUT2D eigenvalue weighted by Crippen LogP contribution is -2.03. The van der Waals surface area contributed by atoms with E-state index in [1.54, 1.807) is 19.1 Å². The zero-order valence-corrected chi connectivity index (χ0v) is 14.6. The lowest BCUT2D eigenvalue weighted by Gasteiger charge is -2.02. The molecule has 0 fully saturated rings. The zero-order valence-electron chi connectivity index (χ0n) is 13.7. The number of fused-ring (bicyclic) bond motifs is 1. The summed E-state index contributed by atoms with van der Waals surface area (Å²) in [5.74, 6) is -1.32. The molecular weight excluding hydrogens is 358 g/mol. The van der Waals surface area contributed by atoms with E-state index in [1.807, 2.05) is 18.2 Å². The molecule has 8 heteroatoms. The van der Waals surface area contributed by atoms with E-state index in [1.165, 1.54) is 24.3 Å². The van der Waals surface area contributed by atoms with Crippen molar-refractivity contribution in [2.45, 2.75) is 11.8 Å². The Hall–Kier alpha value is -3.10. The van der Waals surface area contributed by atoms with Crippen LogP contribution in [0.25, 0.3) is 10.8 Å². The minimum absolute atomic E-state index is 0.0584. The molecule has 0 aliphatic heterocycles. The van der Waals surface area contributed by atoms with Crippen molar-refractivity contribution < 1.29 is 28.0 Å². The Balaban J connectivity index is 0.000000190. The maximum Gasteiger partial charge on any atom is 0.339 e. The molecule has 0 saturated carbocycles. The highest BCUT2D eigenvalue weighted by Gasteiger charge is 2.13. The summed E-state index contributed by atoms with van der Waals surface area (Å²) in [6.45, 7) is 1.72. The Morgan fingerprint density at radius 2 is 1.58 bits per heavy atom. The predicted molar refractivity (Wildman–Crippen MR) is 98.0 cm³/mol. The molecule has 0 atom stereocenters. The summed E-state index contributed by atoms with van der Waals surface area (Å²) in [5.41, 5.74) is 6.06. The summed E-state index contributed by atoms with van der Waals surface area (Å²) >= 11 is 0. The highest BCUT2D eigenvalue weighted by molar-refractivity contribution is 7.86. The number of hydrogen-bond acceptors (Lipinski definition) is 5. The lowest BCUT2D eigenvalue weighted by atomic mass is 10.1. The van der Waals surface area contributed by atoms with E-state index in [2.05, 4.69) is 0 Å². The molecule has 26 heavy (non-hydrogen) atoms. The van der Waals surface area contributed by atoms with Gasteiger partial charge in [0.15, 0.2) is 0 Å². The molecule has 136 valence electrons. The lowest BCUT2D eigenvalue weighted by molar-refractivity contribution is 0.0694. The van der Waals surface area contributed by atoms with Crippen molar-refractivity contribution in [3.05, 3.63) is 65.7 Å². The van der Waals surface area contributed by atoms with Gasteiger partial charge in [-0.05, 0) is 47.5 Å². The van der Waals surface area contributed by atoms with Crippen molar-refractivity contribution in [2.24, 2.45) is 0 Å². The fourth-order valence-corrected chi connectivity index (χ4v) is 2.97. The van der Waals surface area contributed by atoms with Crippen molar-refractivity contribution in [1.29, 1.82) is 0 Å². The zero-order chi connectivity index (χ0) is 19.5. The number of benzene rings is 3. The van der Waals surface area contributed by atoms with Crippen molar-refractivity contribution in [3.8, 4) is 5.75 Å². The van der Waals surface area contributed by atoms with E-state index in [4.69, 9.17) is 15.4 Å². The number of nitrogen functional groups attached to an aromatic ring is 1. The first kappa shape index (κ1) is 19.2. The normalized spacial score (nSPS) is 10.8. The third kappa shape index (κ3) is 4.50. The first-order valence-corrected chi connectivity index (χ1v) is 8.82. The number of aromatic hydroxyl groups is 1. The van der Waals surface area contributed by atoms with E-state index >= 15 is 0 Å². The van der Waals surface area contributed by atoms with Crippen LogP contribution in [0.5, 0.6) is 5.75 Å². The van der Waals surface area contributed by atoms with Gasteiger partial charge in [-0.1, -0.05) is 30.3 Å². The molecule has 5 N–H and O–H groups in total. The summed E-state index contributed by atoms with van der Waals surface area (Å²) in [7, 11) is -4.18. The molecule has 0 amide bonds. The van der Waals surface area contributed by atoms with Gasteiger partial charge in [0.1, 0.15) is 16.2 Å². The van der Waals surface area contributed by atoms with Gasteiger partial charge in [0.25, 0.3) is 10.1 Å². The van der Waals surface area contributed by atoms with E-state index < -0.39 is 16.1 Å². The highest BCUT2D eigenvalue weighted by Crippen LogP contribution is 2.24. The molecule has 0 aliphatic carbocycles. The summed E-state index contributed by atoms with van der Waals surface area (Å²) in [5, 5.41) is 19.8. The number of carboxylic acids is 1. The molecule has 0 unspecified atom stereocenters. The Morgan fingerprint density at radius 3 is 2.08 bits per heavy atom. The first-order chi connectivity index (χ1) is 12.1. The van der Waals surface area contributed by atoms with Crippen LogP contribution in [0.3, 0.4) is 0 Å². The summed E-state index contributed by atoms with van der Waals surface area (Å²) < 4.78 is 30.0. The van der Waals surface area contributed by atoms with Crippen molar-refractivity contribution in [2.75, 3.05) is 5.73 Å². The Labute approximate surface area is 150 Å². The average Bonchev–Trinajstić information content (AvgIpc) is 2.56. The first-order valence-electron chi connectivity index (χ1n) is 7.38. The van der Waals surface area contributed by atoms with E-state index in [-0.39, 0.29) is 21.9 Å². The van der Waals surface area contributed by atoms with Crippen LogP contribution in [0.2, 0.25) is 0 Å². The Morgan fingerprint density at radius 1 is 1.00 bits per heavy atom. The number of carboxylic acid groups (broad SMARTS) is 1. The Kier molecular flexibility index (Phi) is 5.49. The number of aromatic carboxylic acids is 1. The van der Waals surface area contributed by atoms with E-state index in [9.17, 15) is 18.3 Å². The van der Waals surface area contributed by atoms with Gasteiger partial charge in [0.2, 0.25) is 0 Å². The quantitative estimate of drug-likeness (QED) is 0.399. The van der Waals surface area contributed by atoms with Crippen molar-refractivity contribution in [1.82, 2.24) is 0 Å². The second kappa shape index (κ2) is 7.42. The number of aryl methyl sites for hydroxylation is 1. The highest BCUT2D eigenvalue weighted by atomic mass is 32.2. The molecule has 0 heterocycles. The maximum absolute atomic E-state index is 10.7. The number of carbonyl (C=O) groups is 1. The molecule has 0 spiro atoms. The minimum Gasteiger partial charge on any atom is -0.507 e. The van der Waals surface area contributed by atoms with Gasteiger partial charge in [-0.3, -0.25) is 4.55 Å². The second-order valence-electron chi connectivity index (χ2n) is 5.54. The van der Waals surface area contributed by atoms with Crippen molar-refractivity contribution in [3.63, 3.8) is 0 Å². The van der Waals surface area contributed by atoms with Gasteiger partial charge in [0, 0.05) is 0 Å². The molecule has 0 aromatic heterocycles. The van der Waals surface area contributed by atoms with Crippen LogP contribution >= 0.6 is 0 Å². The van der Waals surface area contributed by atoms with Crippen LogP contribution in [0, 0.1) is 6.92 Å². The van der Waals surface area contributed by atoms with Gasteiger partial charge in [-0.15, -0.1) is 0 Å². The van der Waals surface area contributed by atoms with Crippen LogP contribution in [0.1, 0.15) is 15.9 Å². The van der Waals surface area contributed by atoms with Crippen LogP contribution < -0.4 is 5.73 Å². The molecule has 3 aromatic carbocycles. The van der Waals surface area contributed by atoms with Gasteiger partial charge in [-0.2, -0.15) is 8.42 Å². The van der Waals surface area contributed by atoms with Crippen LogP contribution in [0.4, 0.5) is 5.69 Å². The molecular formula is C18H17NO6S. The van der Waals surface area contributed by atoms with E-state index in [0.29, 0.717) is 0 Å². The third-order valence-electron chi connectivity index (χ3n) is 3.54. The number of nitrogens with two attached hydrogens (primary N) is 1. The number of hydrogen-bond donors (Lipinski definition) is 4. The largest absolute Gasteiger partial charge is 0.507 e. The molecule has 0 radical (unpaired) electrons. The number of anilines is 1. The molecule has 0 bridgehead atoms. The molecule has 0 saturated heterocycles. The predicted octanol–water partition coefficient (Wildman–Crippen LogP) is 3.07. The smallest absolute Gasteiger partial charge is 0.339 e. The van der Waals surface area contributed by atoms with Crippen LogP contribution in [0.15, 0.2) is 59.5 Å². The second-order valence-corrected chi connectivity index (χ2v) is 6.93. The average molecular weight is 375 g/mol. The summed E-state index contributed by atoms with van der Waals surface area (Å²) in [6, 6.07) is 14.6. The summed E-state index contributed by atoms with van der Waals surface area (Å²) in [4.78, 5) is 10.5. The van der Waals surface area contributed by atoms with Crippen molar-refractivity contribution >= 4 is 32.5 Å². The standard InChI is InChI=1S/C11H8O3.C7H9NO3S/c12-10-6-8-4-2-1-3-7(8)5-9(10)11(13)14;1-5-2-3-6(8)7(4-5)12(9,10)11/h1-6,12H,(H,13,14);2-4H,8H2,1H3,(H,9,10,11). The number of rotatable bonds is 2. The molecule has 3 rings (SSSR count). The fourth-order valence-electron chi connectivity index (χ4n) is 2.26. The van der Waals surface area contributed by atoms with Gasteiger partial charge in [-0.25, -0.2) is 4.79 Å². The summed E-state index contributed by atoms with van der Waals surface area (Å²) in [6.07, 6.45) is 0. The topological polar surface area (TPSA) is 138 Å². The van der Waals surface area contributed by atoms with Gasteiger partial charge < -0.3 is 15.9 Å². The van der Waals surface area contributed by atoms with Gasteiger partial charge >= 0.3 is 5.97 Å². The van der Waals surface area contributed by atoms with Crippen LogP contribution in [-0.4, -0.2) is 29.2 Å². The van der Waals surface area contributed by atoms with E-state index in [0.717, 1.165) is 16.3 Å². The number of phenols is 1. The molecule has 0 aliphatic rings. The van der Waals surface area contributed by atoms with Crippen LogP contribution in [-0.2, 0) is 10.1 Å². The molecule has 7 nitrogen and oxygen atoms in total. The third-order valence-corrected chi connectivity index (χ3v) is 4.45. The fraction of sp³-hybridized carbons (Fsp3) is 0.0556.